The molecule has 30 heavy (non-hydrogen) atoms. The van der Waals surface area contributed by atoms with Crippen molar-refractivity contribution in [3.8, 4) is 5.75 Å². The molecule has 162 valence electrons. The van der Waals surface area contributed by atoms with E-state index in [0.717, 1.165) is 26.3 Å². The van der Waals surface area contributed by atoms with Gasteiger partial charge in [-0.3, -0.25) is 4.79 Å². The zero-order chi connectivity index (χ0) is 22.1. The second kappa shape index (κ2) is 8.23. The highest BCUT2D eigenvalue weighted by Gasteiger charge is 2.35. The normalized spacial score (nSPS) is 17.7. The van der Waals surface area contributed by atoms with Gasteiger partial charge in [-0.15, -0.1) is 0 Å². The lowest BCUT2D eigenvalue weighted by Gasteiger charge is -2.38. The molecular weight excluding hydrogens is 409 g/mol. The summed E-state index contributed by atoms with van der Waals surface area (Å²) in [6, 6.07) is 12.1. The van der Waals surface area contributed by atoms with E-state index in [1.165, 1.54) is 26.2 Å². The summed E-state index contributed by atoms with van der Waals surface area (Å²) in [5, 5.41) is 2.94. The fraction of sp³-hybridized carbons (Fsp3) is 0.381. The van der Waals surface area contributed by atoms with Gasteiger partial charge in [-0.1, -0.05) is 18.2 Å². The van der Waals surface area contributed by atoms with Crippen LogP contribution in [0.25, 0.3) is 0 Å². The van der Waals surface area contributed by atoms with Gasteiger partial charge in [0.05, 0.1) is 11.7 Å². The van der Waals surface area contributed by atoms with Gasteiger partial charge in [-0.2, -0.15) is 12.7 Å². The topological polar surface area (TPSA) is 79.0 Å². The Bertz CT molecular complexity index is 1020. The predicted molar refractivity (Wildman–Crippen MR) is 113 cm³/mol. The van der Waals surface area contributed by atoms with E-state index >= 15 is 0 Å². The number of hydrogen-bond donors (Lipinski definition) is 1. The van der Waals surface area contributed by atoms with Crippen LogP contribution in [0.15, 0.2) is 48.5 Å². The van der Waals surface area contributed by atoms with Crippen molar-refractivity contribution in [3.05, 3.63) is 59.9 Å². The molecule has 0 aliphatic carbocycles. The van der Waals surface area contributed by atoms with Crippen molar-refractivity contribution in [1.82, 2.24) is 9.62 Å². The molecule has 0 fully saturated rings. The molecule has 2 aromatic rings. The van der Waals surface area contributed by atoms with E-state index in [1.54, 1.807) is 0 Å². The van der Waals surface area contributed by atoms with Crippen molar-refractivity contribution in [3.63, 3.8) is 0 Å². The van der Waals surface area contributed by atoms with Crippen LogP contribution < -0.4 is 14.4 Å². The van der Waals surface area contributed by atoms with Crippen LogP contribution in [0, 0.1) is 5.82 Å². The van der Waals surface area contributed by atoms with Crippen LogP contribution in [0.2, 0.25) is 0 Å². The van der Waals surface area contributed by atoms with Gasteiger partial charge in [-0.25, -0.2) is 8.70 Å². The summed E-state index contributed by atoms with van der Waals surface area (Å²) in [4.78, 5) is 12.9. The SMILES string of the molecule is CN(C)S(=O)(=O)N(CC(=O)N[C@@H]1CC(C)(C)Oc2ccccc21)c1ccc(F)cc1. The number of nitrogens with zero attached hydrogens (tertiary/aromatic N) is 2. The van der Waals surface area contributed by atoms with E-state index in [2.05, 4.69) is 5.32 Å². The van der Waals surface area contributed by atoms with Crippen molar-refractivity contribution in [1.29, 1.82) is 0 Å². The lowest BCUT2D eigenvalue weighted by Crippen LogP contribution is -2.48. The predicted octanol–water partition coefficient (Wildman–Crippen LogP) is 2.86. The van der Waals surface area contributed by atoms with Crippen LogP contribution in [0.5, 0.6) is 5.75 Å². The molecule has 0 radical (unpaired) electrons. The minimum absolute atomic E-state index is 0.202. The van der Waals surface area contributed by atoms with Gasteiger partial charge in [0.1, 0.15) is 23.7 Å². The number of rotatable bonds is 6. The first-order chi connectivity index (χ1) is 14.0. The van der Waals surface area contributed by atoms with Crippen LogP contribution in [0.1, 0.15) is 31.9 Å². The van der Waals surface area contributed by atoms with Crippen molar-refractivity contribution in [2.45, 2.75) is 31.9 Å². The fourth-order valence-electron chi connectivity index (χ4n) is 3.41. The van der Waals surface area contributed by atoms with Gasteiger partial charge < -0.3 is 10.1 Å². The molecule has 2 aromatic carbocycles. The van der Waals surface area contributed by atoms with E-state index < -0.39 is 34.1 Å². The largest absolute Gasteiger partial charge is 0.487 e. The molecule has 1 aliphatic rings. The summed E-state index contributed by atoms with van der Waals surface area (Å²) in [5.74, 6) is -0.274. The average molecular weight is 436 g/mol. The highest BCUT2D eigenvalue weighted by Crippen LogP contribution is 2.39. The number of amides is 1. The number of carbonyl (C=O) groups is 1. The summed E-state index contributed by atoms with van der Waals surface area (Å²) in [6.07, 6.45) is 0.534. The molecule has 1 heterocycles. The van der Waals surface area contributed by atoms with E-state index in [-0.39, 0.29) is 11.7 Å². The Labute approximate surface area is 176 Å². The summed E-state index contributed by atoms with van der Waals surface area (Å²) in [7, 11) is -1.21. The third-order valence-corrected chi connectivity index (χ3v) is 6.67. The molecule has 1 amide bonds. The summed E-state index contributed by atoms with van der Waals surface area (Å²) in [6.45, 7) is 3.43. The number of benzene rings is 2. The van der Waals surface area contributed by atoms with E-state index in [0.29, 0.717) is 12.2 Å². The van der Waals surface area contributed by atoms with E-state index in [9.17, 15) is 17.6 Å². The third kappa shape index (κ3) is 4.73. The highest BCUT2D eigenvalue weighted by atomic mass is 32.2. The first-order valence-electron chi connectivity index (χ1n) is 9.53. The first-order valence-corrected chi connectivity index (χ1v) is 10.9. The number of nitrogens with one attached hydrogen (secondary N) is 1. The molecule has 1 N–H and O–H groups in total. The zero-order valence-electron chi connectivity index (χ0n) is 17.4. The summed E-state index contributed by atoms with van der Waals surface area (Å²) >= 11 is 0. The Morgan fingerprint density at radius 2 is 1.80 bits per heavy atom. The van der Waals surface area contributed by atoms with Crippen molar-refractivity contribution in [2.24, 2.45) is 0 Å². The van der Waals surface area contributed by atoms with Crippen molar-refractivity contribution in [2.75, 3.05) is 24.9 Å². The van der Waals surface area contributed by atoms with Crippen LogP contribution in [-0.2, 0) is 15.0 Å². The molecule has 9 heteroatoms. The smallest absolute Gasteiger partial charge is 0.304 e. The highest BCUT2D eigenvalue weighted by molar-refractivity contribution is 7.90. The molecule has 0 aromatic heterocycles. The zero-order valence-corrected chi connectivity index (χ0v) is 18.2. The van der Waals surface area contributed by atoms with Crippen LogP contribution in [0.4, 0.5) is 10.1 Å². The number of ether oxygens (including phenoxy) is 1. The molecule has 3 rings (SSSR count). The Kier molecular flexibility index (Phi) is 6.05. The molecule has 0 saturated heterocycles. The maximum atomic E-state index is 13.3. The molecule has 0 spiro atoms. The van der Waals surface area contributed by atoms with Crippen LogP contribution in [-0.4, -0.2) is 44.9 Å². The maximum absolute atomic E-state index is 13.3. The van der Waals surface area contributed by atoms with Gasteiger partial charge in [0, 0.05) is 26.1 Å². The second-order valence-electron chi connectivity index (χ2n) is 8.00. The van der Waals surface area contributed by atoms with E-state index in [4.69, 9.17) is 4.74 Å². The average Bonchev–Trinajstić information content (AvgIpc) is 2.66. The molecule has 0 saturated carbocycles. The molecule has 7 nitrogen and oxygen atoms in total. The number of anilines is 1. The standard InChI is InChI=1S/C21H26FN3O4S/c1-21(2)13-18(17-7-5-6-8-19(17)29-21)23-20(26)14-25(30(27,28)24(3)4)16-11-9-15(22)10-12-16/h5-12,18H,13-14H2,1-4H3,(H,23,26)/t18-/m1/s1. The molecule has 0 bridgehead atoms. The number of para-hydroxylation sites is 1. The Hall–Kier alpha value is -2.65. The minimum atomic E-state index is -3.97. The van der Waals surface area contributed by atoms with Gasteiger partial charge in [0.25, 0.3) is 0 Å². The molecule has 1 aliphatic heterocycles. The van der Waals surface area contributed by atoms with Gasteiger partial charge >= 0.3 is 10.2 Å². The number of hydrogen-bond acceptors (Lipinski definition) is 4. The number of fused-ring (bicyclic) bond motifs is 1. The van der Waals surface area contributed by atoms with Crippen LogP contribution >= 0.6 is 0 Å². The maximum Gasteiger partial charge on any atom is 0.304 e. The lowest BCUT2D eigenvalue weighted by atomic mass is 9.89. The number of carbonyl (C=O) groups excluding carboxylic acids is 1. The number of halogens is 1. The molecule has 1 atom stereocenters. The monoisotopic (exact) mass is 435 g/mol. The van der Waals surface area contributed by atoms with Gasteiger partial charge in [-0.05, 0) is 44.2 Å². The third-order valence-electron chi connectivity index (χ3n) is 4.85. The van der Waals surface area contributed by atoms with Crippen molar-refractivity contribution < 1.29 is 22.3 Å². The molecule has 0 unspecified atom stereocenters. The van der Waals surface area contributed by atoms with Gasteiger partial charge in [0.15, 0.2) is 0 Å². The quantitative estimate of drug-likeness (QED) is 0.757. The Morgan fingerprint density at radius 3 is 2.43 bits per heavy atom. The molecular formula is C21H26FN3O4S. The Balaban J connectivity index is 1.86. The lowest BCUT2D eigenvalue weighted by molar-refractivity contribution is -0.120. The Morgan fingerprint density at radius 1 is 1.17 bits per heavy atom. The second-order valence-corrected chi connectivity index (χ2v) is 10.1. The first kappa shape index (κ1) is 22.0. The minimum Gasteiger partial charge on any atom is -0.487 e. The van der Waals surface area contributed by atoms with Crippen molar-refractivity contribution >= 4 is 21.8 Å². The summed E-state index contributed by atoms with van der Waals surface area (Å²) in [5.41, 5.74) is 0.556. The summed E-state index contributed by atoms with van der Waals surface area (Å²) < 4.78 is 46.9. The van der Waals surface area contributed by atoms with Crippen LogP contribution in [0.3, 0.4) is 0 Å². The van der Waals surface area contributed by atoms with E-state index in [1.807, 2.05) is 38.1 Å². The van der Waals surface area contributed by atoms with Gasteiger partial charge in [0.2, 0.25) is 5.91 Å². The fourth-order valence-corrected chi connectivity index (χ4v) is 4.47.